The SMILES string of the molecule is O=C(Cc1ccccc1)NCCCNCCCCNCCCNC(=O)C(F)(F)F. The molecule has 0 aliphatic heterocycles. The van der Waals surface area contributed by atoms with Crippen molar-refractivity contribution in [2.45, 2.75) is 38.3 Å². The van der Waals surface area contributed by atoms with Crippen LogP contribution < -0.4 is 21.3 Å². The summed E-state index contributed by atoms with van der Waals surface area (Å²) in [5.41, 5.74) is 1.00. The maximum atomic E-state index is 12.0. The van der Waals surface area contributed by atoms with E-state index in [1.54, 1.807) is 0 Å². The number of carbonyl (C=O) groups excluding carboxylic acids is 2. The lowest BCUT2D eigenvalue weighted by Crippen LogP contribution is -2.38. The van der Waals surface area contributed by atoms with E-state index in [9.17, 15) is 22.8 Å². The Morgan fingerprint density at radius 2 is 1.24 bits per heavy atom. The maximum absolute atomic E-state index is 12.0. The quantitative estimate of drug-likeness (QED) is 0.329. The van der Waals surface area contributed by atoms with Crippen LogP contribution in [0, 0.1) is 0 Å². The Kier molecular flexibility index (Phi) is 12.7. The number of hydrogen-bond donors (Lipinski definition) is 4. The van der Waals surface area contributed by atoms with Crippen molar-refractivity contribution in [3.8, 4) is 0 Å². The second kappa shape index (κ2) is 14.8. The molecule has 164 valence electrons. The first kappa shape index (κ1) is 24.9. The van der Waals surface area contributed by atoms with Gasteiger partial charge in [0.2, 0.25) is 5.91 Å². The molecular formula is C20H31F3N4O2. The van der Waals surface area contributed by atoms with Gasteiger partial charge in [0.15, 0.2) is 0 Å². The van der Waals surface area contributed by atoms with Gasteiger partial charge in [-0.25, -0.2) is 0 Å². The number of unbranched alkanes of at least 4 members (excludes halogenated alkanes) is 1. The topological polar surface area (TPSA) is 82.3 Å². The zero-order chi connectivity index (χ0) is 21.4. The van der Waals surface area contributed by atoms with Crippen molar-refractivity contribution >= 4 is 11.8 Å². The summed E-state index contributed by atoms with van der Waals surface area (Å²) in [4.78, 5) is 22.4. The van der Waals surface area contributed by atoms with Crippen molar-refractivity contribution in [2.75, 3.05) is 39.3 Å². The van der Waals surface area contributed by atoms with Crippen LogP contribution in [-0.4, -0.2) is 57.3 Å². The summed E-state index contributed by atoms with van der Waals surface area (Å²) in [7, 11) is 0. The van der Waals surface area contributed by atoms with E-state index >= 15 is 0 Å². The smallest absolute Gasteiger partial charge is 0.356 e. The highest BCUT2D eigenvalue weighted by Gasteiger charge is 2.38. The van der Waals surface area contributed by atoms with E-state index in [0.717, 1.165) is 44.5 Å². The van der Waals surface area contributed by atoms with Gasteiger partial charge in [0, 0.05) is 13.1 Å². The zero-order valence-corrected chi connectivity index (χ0v) is 16.6. The number of hydrogen-bond acceptors (Lipinski definition) is 4. The van der Waals surface area contributed by atoms with Gasteiger partial charge in [0.05, 0.1) is 6.42 Å². The number of amides is 2. The Bertz CT molecular complexity index is 583. The zero-order valence-electron chi connectivity index (χ0n) is 16.6. The summed E-state index contributed by atoms with van der Waals surface area (Å²) >= 11 is 0. The van der Waals surface area contributed by atoms with Gasteiger partial charge in [0.25, 0.3) is 0 Å². The molecule has 0 aliphatic carbocycles. The molecule has 1 rings (SSSR count). The number of carbonyl (C=O) groups is 2. The van der Waals surface area contributed by atoms with E-state index in [1.165, 1.54) is 0 Å². The highest BCUT2D eigenvalue weighted by molar-refractivity contribution is 5.81. The molecule has 1 aromatic rings. The minimum absolute atomic E-state index is 0.00872. The predicted molar refractivity (Wildman–Crippen MR) is 106 cm³/mol. The van der Waals surface area contributed by atoms with E-state index in [2.05, 4.69) is 16.0 Å². The molecule has 0 radical (unpaired) electrons. The summed E-state index contributed by atoms with van der Waals surface area (Å²) in [5.74, 6) is -1.86. The van der Waals surface area contributed by atoms with E-state index in [-0.39, 0.29) is 12.5 Å². The molecule has 0 fully saturated rings. The largest absolute Gasteiger partial charge is 0.471 e. The number of halogens is 3. The molecule has 4 N–H and O–H groups in total. The first-order chi connectivity index (χ1) is 13.9. The van der Waals surface area contributed by atoms with Crippen molar-refractivity contribution in [1.29, 1.82) is 0 Å². The van der Waals surface area contributed by atoms with E-state index in [4.69, 9.17) is 0 Å². The Balaban J connectivity index is 1.81. The maximum Gasteiger partial charge on any atom is 0.471 e. The monoisotopic (exact) mass is 416 g/mol. The lowest BCUT2D eigenvalue weighted by atomic mass is 10.1. The summed E-state index contributed by atoms with van der Waals surface area (Å²) in [5, 5.41) is 11.2. The molecule has 0 unspecified atom stereocenters. The fourth-order valence-corrected chi connectivity index (χ4v) is 2.55. The van der Waals surface area contributed by atoms with Crippen molar-refractivity contribution in [1.82, 2.24) is 21.3 Å². The molecular weight excluding hydrogens is 385 g/mol. The number of benzene rings is 1. The fourth-order valence-electron chi connectivity index (χ4n) is 2.55. The standard InChI is InChI=1S/C20H31F3N4O2/c21-20(22,23)19(29)27-15-7-13-25-11-5-4-10-24-12-6-14-26-18(28)16-17-8-2-1-3-9-17/h1-3,8-9,24-25H,4-7,10-16H2,(H,26,28)(H,27,29). The van der Waals surface area contributed by atoms with Crippen LogP contribution in [0.25, 0.3) is 0 Å². The Morgan fingerprint density at radius 3 is 1.79 bits per heavy atom. The van der Waals surface area contributed by atoms with Crippen LogP contribution in [0.4, 0.5) is 13.2 Å². The van der Waals surface area contributed by atoms with Crippen molar-refractivity contribution in [2.24, 2.45) is 0 Å². The molecule has 2 amide bonds. The van der Waals surface area contributed by atoms with E-state index in [1.807, 2.05) is 35.6 Å². The molecule has 0 aliphatic rings. The molecule has 0 aromatic heterocycles. The third-order valence-electron chi connectivity index (χ3n) is 4.09. The molecule has 29 heavy (non-hydrogen) atoms. The minimum Gasteiger partial charge on any atom is -0.356 e. The first-order valence-corrected chi connectivity index (χ1v) is 9.96. The van der Waals surface area contributed by atoms with E-state index in [0.29, 0.717) is 25.9 Å². The molecule has 9 heteroatoms. The summed E-state index contributed by atoms with van der Waals surface area (Å²) in [6, 6.07) is 9.62. The van der Waals surface area contributed by atoms with Crippen LogP contribution in [0.3, 0.4) is 0 Å². The van der Waals surface area contributed by atoms with Gasteiger partial charge >= 0.3 is 12.1 Å². The van der Waals surface area contributed by atoms with Crippen molar-refractivity contribution < 1.29 is 22.8 Å². The molecule has 1 aromatic carbocycles. The lowest BCUT2D eigenvalue weighted by Gasteiger charge is -2.09. The van der Waals surface area contributed by atoms with Gasteiger partial charge in [-0.15, -0.1) is 0 Å². The number of nitrogens with one attached hydrogen (secondary N) is 4. The number of rotatable bonds is 15. The second-order valence-corrected chi connectivity index (χ2v) is 6.68. The molecule has 6 nitrogen and oxygen atoms in total. The minimum atomic E-state index is -4.81. The lowest BCUT2D eigenvalue weighted by molar-refractivity contribution is -0.173. The van der Waals surface area contributed by atoms with Crippen LogP contribution in [0.2, 0.25) is 0 Å². The average molecular weight is 416 g/mol. The van der Waals surface area contributed by atoms with Gasteiger partial charge < -0.3 is 21.3 Å². The fraction of sp³-hybridized carbons (Fsp3) is 0.600. The van der Waals surface area contributed by atoms with Gasteiger partial charge in [-0.3, -0.25) is 9.59 Å². The third kappa shape index (κ3) is 13.6. The predicted octanol–water partition coefficient (Wildman–Crippen LogP) is 1.76. The highest BCUT2D eigenvalue weighted by atomic mass is 19.4. The Hall–Kier alpha value is -2.13. The molecule has 0 heterocycles. The van der Waals surface area contributed by atoms with Crippen LogP contribution in [0.15, 0.2) is 30.3 Å². The van der Waals surface area contributed by atoms with Gasteiger partial charge in [-0.2, -0.15) is 13.2 Å². The molecule has 0 bridgehead atoms. The van der Waals surface area contributed by atoms with Crippen LogP contribution >= 0.6 is 0 Å². The summed E-state index contributed by atoms with van der Waals surface area (Å²) in [6.07, 6.45) is -1.16. The van der Waals surface area contributed by atoms with Crippen LogP contribution in [-0.2, 0) is 16.0 Å². The number of alkyl halides is 3. The summed E-state index contributed by atoms with van der Waals surface area (Å²) < 4.78 is 35.9. The van der Waals surface area contributed by atoms with Crippen LogP contribution in [0.5, 0.6) is 0 Å². The third-order valence-corrected chi connectivity index (χ3v) is 4.09. The van der Waals surface area contributed by atoms with Crippen molar-refractivity contribution in [3.05, 3.63) is 35.9 Å². The molecule has 0 spiro atoms. The second-order valence-electron chi connectivity index (χ2n) is 6.68. The van der Waals surface area contributed by atoms with Gasteiger partial charge in [0.1, 0.15) is 0 Å². The average Bonchev–Trinajstić information content (AvgIpc) is 2.68. The summed E-state index contributed by atoms with van der Waals surface area (Å²) in [6.45, 7) is 3.71. The Labute approximate surface area is 170 Å². The van der Waals surface area contributed by atoms with Crippen molar-refractivity contribution in [3.63, 3.8) is 0 Å². The normalized spacial score (nSPS) is 11.3. The van der Waals surface area contributed by atoms with Gasteiger partial charge in [-0.05, 0) is 57.4 Å². The van der Waals surface area contributed by atoms with Crippen LogP contribution in [0.1, 0.15) is 31.2 Å². The van der Waals surface area contributed by atoms with Gasteiger partial charge in [-0.1, -0.05) is 30.3 Å². The molecule has 0 saturated heterocycles. The first-order valence-electron chi connectivity index (χ1n) is 9.96. The molecule has 0 saturated carbocycles. The Morgan fingerprint density at radius 1 is 0.724 bits per heavy atom. The highest BCUT2D eigenvalue weighted by Crippen LogP contribution is 2.13. The molecule has 0 atom stereocenters. The van der Waals surface area contributed by atoms with E-state index < -0.39 is 12.1 Å².